The largest absolute Gasteiger partial charge is 0.507 e. The maximum atomic E-state index is 11.5. The first kappa shape index (κ1) is 48.9. The molecule has 0 saturated heterocycles. The van der Waals surface area contributed by atoms with Gasteiger partial charge >= 0.3 is 0 Å². The molecule has 0 aliphatic rings. The summed E-state index contributed by atoms with van der Waals surface area (Å²) in [4.78, 5) is 14.8. The number of aromatic hydroxyl groups is 1. The molecule has 60 heavy (non-hydrogen) atoms. The molecule has 2 unspecified atom stereocenters. The van der Waals surface area contributed by atoms with Gasteiger partial charge in [0.15, 0.2) is 23.8 Å². The van der Waals surface area contributed by atoms with Gasteiger partial charge < -0.3 is 19.3 Å². The van der Waals surface area contributed by atoms with Crippen molar-refractivity contribution >= 4 is 0 Å². The van der Waals surface area contributed by atoms with Crippen LogP contribution in [-0.4, -0.2) is 39.2 Å². The zero-order chi connectivity index (χ0) is 43.0. The molecule has 0 spiro atoms. The second-order valence-corrected chi connectivity index (χ2v) is 17.2. The maximum Gasteiger partial charge on any atom is 0.202 e. The number of unbranched alkanes of at least 4 members (excludes halogenated alkanes) is 18. The van der Waals surface area contributed by atoms with Gasteiger partial charge in [0.2, 0.25) is 6.29 Å². The zero-order valence-electron chi connectivity index (χ0n) is 38.6. The Kier molecular flexibility index (Phi) is 22.7. The molecule has 0 bridgehead atoms. The summed E-state index contributed by atoms with van der Waals surface area (Å²) in [6, 6.07) is 17.9. The van der Waals surface area contributed by atoms with Crippen LogP contribution in [0.2, 0.25) is 0 Å². The van der Waals surface area contributed by atoms with Crippen LogP contribution in [0, 0.1) is 27.7 Å². The highest BCUT2D eigenvalue weighted by molar-refractivity contribution is 5.72. The molecule has 4 aromatic rings. The van der Waals surface area contributed by atoms with E-state index in [1.54, 1.807) is 6.07 Å². The molecule has 1 N–H and O–H groups in total. The molecule has 330 valence electrons. The van der Waals surface area contributed by atoms with E-state index >= 15 is 0 Å². The molecule has 3 aromatic carbocycles. The van der Waals surface area contributed by atoms with Crippen LogP contribution >= 0.6 is 0 Å². The molecule has 2 atom stereocenters. The fourth-order valence-corrected chi connectivity index (χ4v) is 7.96. The van der Waals surface area contributed by atoms with Crippen LogP contribution in [0.25, 0.3) is 34.2 Å². The average molecular weight is 822 g/mol. The fourth-order valence-electron chi connectivity index (χ4n) is 7.96. The number of rotatable bonds is 31. The summed E-state index contributed by atoms with van der Waals surface area (Å²) in [5.74, 6) is 2.09. The van der Waals surface area contributed by atoms with Crippen LogP contribution in [0.3, 0.4) is 0 Å². The van der Waals surface area contributed by atoms with E-state index in [9.17, 15) is 5.11 Å². The van der Waals surface area contributed by atoms with Crippen LogP contribution in [0.4, 0.5) is 0 Å². The van der Waals surface area contributed by atoms with Gasteiger partial charge in [0.1, 0.15) is 11.5 Å². The molecule has 7 heteroatoms. The topological polar surface area (TPSA) is 86.6 Å². The van der Waals surface area contributed by atoms with E-state index in [2.05, 4.69) is 84.9 Å². The highest BCUT2D eigenvalue weighted by Crippen LogP contribution is 2.35. The van der Waals surface area contributed by atoms with Crippen LogP contribution in [-0.2, 0) is 9.47 Å². The van der Waals surface area contributed by atoms with E-state index in [4.69, 9.17) is 29.2 Å². The van der Waals surface area contributed by atoms with E-state index in [1.807, 2.05) is 12.1 Å². The van der Waals surface area contributed by atoms with Crippen molar-refractivity contribution in [1.82, 2.24) is 15.0 Å². The molecule has 1 heterocycles. The minimum absolute atomic E-state index is 0.0332. The predicted octanol–water partition coefficient (Wildman–Crippen LogP) is 15.5. The Labute approximate surface area is 364 Å². The van der Waals surface area contributed by atoms with E-state index < -0.39 is 6.29 Å². The summed E-state index contributed by atoms with van der Waals surface area (Å²) in [5, 5.41) is 11.5. The van der Waals surface area contributed by atoms with E-state index in [-0.39, 0.29) is 12.0 Å². The summed E-state index contributed by atoms with van der Waals surface area (Å²) in [6.45, 7) is 15.6. The third-order valence-corrected chi connectivity index (χ3v) is 11.6. The minimum atomic E-state index is -0.513. The number of benzene rings is 3. The summed E-state index contributed by atoms with van der Waals surface area (Å²) in [6.07, 6.45) is 26.6. The van der Waals surface area contributed by atoms with Gasteiger partial charge in [0, 0.05) is 30.2 Å². The van der Waals surface area contributed by atoms with Crippen molar-refractivity contribution in [1.29, 1.82) is 0 Å². The van der Waals surface area contributed by atoms with Gasteiger partial charge in [0.25, 0.3) is 0 Å². The van der Waals surface area contributed by atoms with Gasteiger partial charge in [-0.2, -0.15) is 0 Å². The van der Waals surface area contributed by atoms with Gasteiger partial charge in [-0.15, -0.1) is 0 Å². The van der Waals surface area contributed by atoms with Crippen LogP contribution in [0.5, 0.6) is 11.5 Å². The minimum Gasteiger partial charge on any atom is -0.507 e. The molecule has 0 amide bonds. The quantitative estimate of drug-likeness (QED) is 0.0400. The lowest BCUT2D eigenvalue weighted by molar-refractivity contribution is -0.222. The standard InChI is InChI=1S/C53H79N3O4/c1-8-11-13-15-17-19-21-23-25-27-29-50(58-36-28-26-24-22-20-18-16-14-12-9-2)60-49(10-3)59-44-32-35-47(48(57)39-44)53-55-51(45-33-30-40(4)37-42(45)6)54-52(56-53)46-34-31-41(5)38-43(46)7/h30-35,37-39,49-50,57H,8-29,36H2,1-7H3. The zero-order valence-corrected chi connectivity index (χ0v) is 38.6. The molecule has 1 aromatic heterocycles. The van der Waals surface area contributed by atoms with Crippen molar-refractivity contribution in [3.05, 3.63) is 76.9 Å². The van der Waals surface area contributed by atoms with Gasteiger partial charge in [-0.1, -0.05) is 184 Å². The number of hydrogen-bond acceptors (Lipinski definition) is 7. The molecule has 0 radical (unpaired) electrons. The molecule has 0 aliphatic carbocycles. The van der Waals surface area contributed by atoms with Crippen LogP contribution in [0.1, 0.15) is 184 Å². The van der Waals surface area contributed by atoms with Crippen molar-refractivity contribution in [3.63, 3.8) is 0 Å². The van der Waals surface area contributed by atoms with Gasteiger partial charge in [0.05, 0.1) is 5.56 Å². The SMILES string of the molecule is CCCCCCCCCCCCOC(CCCCCCCCCCCC)OC(CC)Oc1ccc(-c2nc(-c3ccc(C)cc3C)nc(-c3ccc(C)cc3C)n2)c(O)c1. The Morgan fingerprint density at radius 2 is 0.917 bits per heavy atom. The molecule has 7 nitrogen and oxygen atoms in total. The van der Waals surface area contributed by atoms with E-state index in [0.29, 0.717) is 41.8 Å². The fraction of sp³-hybridized carbons (Fsp3) is 0.604. The summed E-state index contributed by atoms with van der Waals surface area (Å²) < 4.78 is 19.4. The van der Waals surface area contributed by atoms with Crippen LogP contribution in [0.15, 0.2) is 54.6 Å². The maximum absolute atomic E-state index is 11.5. The Hall–Kier alpha value is -3.81. The first-order valence-corrected chi connectivity index (χ1v) is 23.9. The lowest BCUT2D eigenvalue weighted by Gasteiger charge is -2.25. The van der Waals surface area contributed by atoms with Crippen molar-refractivity contribution in [2.24, 2.45) is 0 Å². The molecular weight excluding hydrogens is 743 g/mol. The van der Waals surface area contributed by atoms with Crippen molar-refractivity contribution in [3.8, 4) is 45.7 Å². The third kappa shape index (κ3) is 17.3. The average Bonchev–Trinajstić information content (AvgIpc) is 3.22. The van der Waals surface area contributed by atoms with Gasteiger partial charge in [-0.3, -0.25) is 0 Å². The van der Waals surface area contributed by atoms with Crippen molar-refractivity contribution in [2.75, 3.05) is 6.61 Å². The molecule has 0 saturated carbocycles. The van der Waals surface area contributed by atoms with Crippen molar-refractivity contribution < 1.29 is 19.3 Å². The number of nitrogens with zero attached hydrogens (tertiary/aromatic N) is 3. The lowest BCUT2D eigenvalue weighted by atomic mass is 10.0. The molecule has 0 aliphatic heterocycles. The monoisotopic (exact) mass is 822 g/mol. The number of aromatic nitrogens is 3. The molecular formula is C53H79N3O4. The summed E-state index contributed by atoms with van der Waals surface area (Å²) >= 11 is 0. The number of ether oxygens (including phenoxy) is 3. The van der Waals surface area contributed by atoms with E-state index in [0.717, 1.165) is 41.5 Å². The smallest absolute Gasteiger partial charge is 0.202 e. The van der Waals surface area contributed by atoms with Gasteiger partial charge in [-0.25, -0.2) is 15.0 Å². The Morgan fingerprint density at radius 3 is 1.37 bits per heavy atom. The summed E-state index contributed by atoms with van der Waals surface area (Å²) in [7, 11) is 0. The Morgan fingerprint density at radius 1 is 0.483 bits per heavy atom. The number of phenolic OH excluding ortho intramolecular Hbond substituents is 1. The molecule has 4 rings (SSSR count). The summed E-state index contributed by atoms with van der Waals surface area (Å²) in [5.41, 5.74) is 6.88. The third-order valence-electron chi connectivity index (χ3n) is 11.6. The number of aryl methyl sites for hydroxylation is 4. The Bertz CT molecular complexity index is 1740. The normalized spacial score (nSPS) is 12.5. The number of phenols is 1. The predicted molar refractivity (Wildman–Crippen MR) is 251 cm³/mol. The van der Waals surface area contributed by atoms with Gasteiger partial charge in [-0.05, 0) is 70.2 Å². The van der Waals surface area contributed by atoms with E-state index in [1.165, 1.54) is 127 Å². The second kappa shape index (κ2) is 27.9. The number of hydrogen-bond donors (Lipinski definition) is 1. The van der Waals surface area contributed by atoms with Crippen LogP contribution < -0.4 is 4.74 Å². The highest BCUT2D eigenvalue weighted by atomic mass is 16.8. The second-order valence-electron chi connectivity index (χ2n) is 17.2. The first-order valence-electron chi connectivity index (χ1n) is 23.9. The van der Waals surface area contributed by atoms with Crippen molar-refractivity contribution in [2.45, 2.75) is 202 Å². The lowest BCUT2D eigenvalue weighted by Crippen LogP contribution is -2.29. The Balaban J connectivity index is 1.41. The first-order chi connectivity index (χ1) is 29.2. The molecule has 0 fully saturated rings. The highest BCUT2D eigenvalue weighted by Gasteiger charge is 2.21.